The van der Waals surface area contributed by atoms with Crippen molar-refractivity contribution in [1.82, 2.24) is 0 Å². The van der Waals surface area contributed by atoms with E-state index >= 15 is 0 Å². The minimum atomic E-state index is -0.290. The molecule has 0 saturated heterocycles. The van der Waals surface area contributed by atoms with Gasteiger partial charge in [-0.15, -0.1) is 0 Å². The molecule has 0 fully saturated rings. The third kappa shape index (κ3) is 2.91. The van der Waals surface area contributed by atoms with Crippen LogP contribution in [0.1, 0.15) is 21.5 Å². The second kappa shape index (κ2) is 5.10. The molecule has 2 rings (SSSR count). The van der Waals surface area contributed by atoms with Crippen molar-refractivity contribution in [3.05, 3.63) is 58.9 Å². The van der Waals surface area contributed by atoms with E-state index in [0.717, 1.165) is 5.56 Å². The van der Waals surface area contributed by atoms with E-state index in [1.807, 2.05) is 6.92 Å². The molecule has 98 valence electrons. The number of nitrogens with one attached hydrogen (secondary N) is 1. The Morgan fingerprint density at radius 1 is 1.11 bits per heavy atom. The Morgan fingerprint density at radius 2 is 1.84 bits per heavy atom. The summed E-state index contributed by atoms with van der Waals surface area (Å²) < 4.78 is 13.1. The summed E-state index contributed by atoms with van der Waals surface area (Å²) >= 11 is 0. The maximum atomic E-state index is 13.1. The molecule has 0 heterocycles. The molecular formula is C15H15FN2O. The Labute approximate surface area is 111 Å². The third-order valence-corrected chi connectivity index (χ3v) is 2.91. The number of carbonyl (C=O) groups is 1. The molecule has 4 heteroatoms. The fourth-order valence-electron chi connectivity index (χ4n) is 1.86. The summed E-state index contributed by atoms with van der Waals surface area (Å²) in [6, 6.07) is 9.56. The largest absolute Gasteiger partial charge is 0.399 e. The summed E-state index contributed by atoms with van der Waals surface area (Å²) in [5.74, 6) is -0.523. The Morgan fingerprint density at radius 3 is 2.47 bits per heavy atom. The van der Waals surface area contributed by atoms with Crippen molar-refractivity contribution in [3.8, 4) is 0 Å². The molecule has 0 aliphatic rings. The van der Waals surface area contributed by atoms with Gasteiger partial charge in [0.2, 0.25) is 0 Å². The summed E-state index contributed by atoms with van der Waals surface area (Å²) in [6.07, 6.45) is 0. The standard InChI is InChI=1S/C15H15FN2O/c1-9-7-11(17)3-5-13(9)15(19)18-12-4-6-14(16)10(2)8-12/h3-8H,17H2,1-2H3,(H,18,19). The molecule has 2 aromatic rings. The van der Waals surface area contributed by atoms with Crippen LogP contribution < -0.4 is 11.1 Å². The van der Waals surface area contributed by atoms with Crippen LogP contribution in [0.3, 0.4) is 0 Å². The number of hydrogen-bond donors (Lipinski definition) is 2. The second-order valence-corrected chi connectivity index (χ2v) is 4.49. The highest BCUT2D eigenvalue weighted by atomic mass is 19.1. The first-order valence-electron chi connectivity index (χ1n) is 5.91. The number of nitrogens with two attached hydrogens (primary N) is 1. The van der Waals surface area contributed by atoms with Crippen LogP contribution in [-0.2, 0) is 0 Å². The van der Waals surface area contributed by atoms with Gasteiger partial charge in [0.05, 0.1) is 0 Å². The van der Waals surface area contributed by atoms with Gasteiger partial charge >= 0.3 is 0 Å². The highest BCUT2D eigenvalue weighted by Crippen LogP contribution is 2.17. The zero-order valence-corrected chi connectivity index (χ0v) is 10.8. The molecule has 0 saturated carbocycles. The van der Waals surface area contributed by atoms with E-state index in [9.17, 15) is 9.18 Å². The van der Waals surface area contributed by atoms with Crippen molar-refractivity contribution in [3.63, 3.8) is 0 Å². The summed E-state index contributed by atoms with van der Waals surface area (Å²) in [6.45, 7) is 3.47. The Bertz CT molecular complexity index is 638. The number of benzene rings is 2. The van der Waals surface area contributed by atoms with Gasteiger partial charge in [-0.05, 0) is 61.4 Å². The lowest BCUT2D eigenvalue weighted by Crippen LogP contribution is -2.13. The van der Waals surface area contributed by atoms with E-state index in [2.05, 4.69) is 5.32 Å². The molecule has 0 atom stereocenters. The number of nitrogen functional groups attached to an aromatic ring is 1. The summed E-state index contributed by atoms with van der Waals surface area (Å²) in [5.41, 5.74) is 8.68. The molecule has 0 radical (unpaired) electrons. The summed E-state index contributed by atoms with van der Waals surface area (Å²) in [7, 11) is 0. The van der Waals surface area contributed by atoms with Crippen LogP contribution in [0, 0.1) is 19.7 Å². The molecular weight excluding hydrogens is 243 g/mol. The van der Waals surface area contributed by atoms with Gasteiger partial charge in [-0.1, -0.05) is 0 Å². The monoisotopic (exact) mass is 258 g/mol. The Balaban J connectivity index is 2.23. The molecule has 3 nitrogen and oxygen atoms in total. The second-order valence-electron chi connectivity index (χ2n) is 4.49. The molecule has 0 unspecified atom stereocenters. The maximum Gasteiger partial charge on any atom is 0.255 e. The van der Waals surface area contributed by atoms with Gasteiger partial charge in [-0.3, -0.25) is 4.79 Å². The average Bonchev–Trinajstić information content (AvgIpc) is 2.33. The van der Waals surface area contributed by atoms with E-state index in [0.29, 0.717) is 22.5 Å². The number of aryl methyl sites for hydroxylation is 2. The molecule has 0 spiro atoms. The highest BCUT2D eigenvalue weighted by Gasteiger charge is 2.10. The van der Waals surface area contributed by atoms with Crippen molar-refractivity contribution in [1.29, 1.82) is 0 Å². The first-order chi connectivity index (χ1) is 8.97. The van der Waals surface area contributed by atoms with Crippen LogP contribution in [0.4, 0.5) is 15.8 Å². The van der Waals surface area contributed by atoms with Gasteiger partial charge < -0.3 is 11.1 Å². The minimum absolute atomic E-state index is 0.233. The normalized spacial score (nSPS) is 10.3. The lowest BCUT2D eigenvalue weighted by molar-refractivity contribution is 0.102. The maximum absolute atomic E-state index is 13.1. The smallest absolute Gasteiger partial charge is 0.255 e. The fourth-order valence-corrected chi connectivity index (χ4v) is 1.86. The van der Waals surface area contributed by atoms with E-state index in [1.165, 1.54) is 12.1 Å². The molecule has 2 aromatic carbocycles. The molecule has 1 amide bonds. The van der Waals surface area contributed by atoms with Crippen molar-refractivity contribution in [2.75, 3.05) is 11.1 Å². The SMILES string of the molecule is Cc1cc(NC(=O)c2ccc(N)cc2C)ccc1F. The lowest BCUT2D eigenvalue weighted by atomic mass is 10.1. The van der Waals surface area contributed by atoms with E-state index in [4.69, 9.17) is 5.73 Å². The van der Waals surface area contributed by atoms with Crippen molar-refractivity contribution >= 4 is 17.3 Å². The topological polar surface area (TPSA) is 55.1 Å². The number of halogens is 1. The molecule has 0 aromatic heterocycles. The third-order valence-electron chi connectivity index (χ3n) is 2.91. The van der Waals surface area contributed by atoms with Crippen molar-refractivity contribution in [2.45, 2.75) is 13.8 Å². The zero-order chi connectivity index (χ0) is 14.0. The van der Waals surface area contributed by atoms with Crippen LogP contribution in [0.2, 0.25) is 0 Å². The average molecular weight is 258 g/mol. The van der Waals surface area contributed by atoms with Crippen LogP contribution in [0.15, 0.2) is 36.4 Å². The van der Waals surface area contributed by atoms with Gasteiger partial charge in [0.15, 0.2) is 0 Å². The highest BCUT2D eigenvalue weighted by molar-refractivity contribution is 6.05. The molecule has 0 aliphatic heterocycles. The first-order valence-corrected chi connectivity index (χ1v) is 5.91. The number of hydrogen-bond acceptors (Lipinski definition) is 2. The summed E-state index contributed by atoms with van der Waals surface area (Å²) in [4.78, 5) is 12.1. The summed E-state index contributed by atoms with van der Waals surface area (Å²) in [5, 5.41) is 2.74. The predicted octanol–water partition coefficient (Wildman–Crippen LogP) is 3.28. The number of amides is 1. The van der Waals surface area contributed by atoms with Gasteiger partial charge in [0, 0.05) is 16.9 Å². The Kier molecular flexibility index (Phi) is 3.51. The van der Waals surface area contributed by atoms with E-state index in [1.54, 1.807) is 31.2 Å². The minimum Gasteiger partial charge on any atom is -0.399 e. The van der Waals surface area contributed by atoms with Crippen LogP contribution in [-0.4, -0.2) is 5.91 Å². The molecule has 3 N–H and O–H groups in total. The predicted molar refractivity (Wildman–Crippen MR) is 74.7 cm³/mol. The first kappa shape index (κ1) is 13.1. The van der Waals surface area contributed by atoms with Crippen molar-refractivity contribution < 1.29 is 9.18 Å². The Hall–Kier alpha value is -2.36. The van der Waals surface area contributed by atoms with Gasteiger partial charge in [0.25, 0.3) is 5.91 Å². The molecule has 0 aliphatic carbocycles. The number of rotatable bonds is 2. The van der Waals surface area contributed by atoms with E-state index < -0.39 is 0 Å². The fraction of sp³-hybridized carbons (Fsp3) is 0.133. The van der Waals surface area contributed by atoms with Gasteiger partial charge in [-0.2, -0.15) is 0 Å². The van der Waals surface area contributed by atoms with Crippen LogP contribution in [0.25, 0.3) is 0 Å². The van der Waals surface area contributed by atoms with Gasteiger partial charge in [0.1, 0.15) is 5.82 Å². The van der Waals surface area contributed by atoms with Crippen LogP contribution >= 0.6 is 0 Å². The molecule has 19 heavy (non-hydrogen) atoms. The van der Waals surface area contributed by atoms with Gasteiger partial charge in [-0.25, -0.2) is 4.39 Å². The quantitative estimate of drug-likeness (QED) is 0.812. The van der Waals surface area contributed by atoms with E-state index in [-0.39, 0.29) is 11.7 Å². The number of carbonyl (C=O) groups excluding carboxylic acids is 1. The lowest BCUT2D eigenvalue weighted by Gasteiger charge is -2.09. The zero-order valence-electron chi connectivity index (χ0n) is 10.8. The number of anilines is 2. The van der Waals surface area contributed by atoms with Crippen LogP contribution in [0.5, 0.6) is 0 Å². The molecule has 0 bridgehead atoms. The van der Waals surface area contributed by atoms with Crippen molar-refractivity contribution in [2.24, 2.45) is 0 Å².